The highest BCUT2D eigenvalue weighted by molar-refractivity contribution is 6.36. The number of piperidine rings is 1. The van der Waals surface area contributed by atoms with Crippen LogP contribution >= 0.6 is 11.6 Å². The lowest BCUT2D eigenvalue weighted by Crippen LogP contribution is -2.51. The van der Waals surface area contributed by atoms with E-state index >= 15 is 0 Å². The molecular weight excluding hydrogens is 726 g/mol. The molecule has 2 aromatic heterocycles. The number of carbonyl (C=O) groups excluding carboxylic acids is 2. The van der Waals surface area contributed by atoms with Gasteiger partial charge in [0.15, 0.2) is 5.78 Å². The zero-order valence-electron chi connectivity index (χ0n) is 31.9. The lowest BCUT2D eigenvalue weighted by Gasteiger charge is -2.39. The highest BCUT2D eigenvalue weighted by atomic mass is 35.5. The van der Waals surface area contributed by atoms with E-state index in [1.54, 1.807) is 0 Å². The van der Waals surface area contributed by atoms with E-state index in [-0.39, 0.29) is 29.7 Å². The molecule has 8 rings (SSSR count). The van der Waals surface area contributed by atoms with E-state index in [1.165, 1.54) is 10.9 Å². The fourth-order valence-corrected chi connectivity index (χ4v) is 9.09. The minimum absolute atomic E-state index is 0.0715. The summed E-state index contributed by atoms with van der Waals surface area (Å²) in [6.07, 6.45) is 9.45. The van der Waals surface area contributed by atoms with Crippen molar-refractivity contribution in [3.8, 4) is 0 Å². The molecule has 2 aliphatic heterocycles. The van der Waals surface area contributed by atoms with Crippen LogP contribution in [-0.2, 0) is 35.3 Å². The number of anilines is 1. The number of likely N-dealkylation sites (tertiary alicyclic amines) is 1. The molecule has 2 saturated heterocycles. The lowest BCUT2D eigenvalue weighted by molar-refractivity contribution is -0.140. The molecule has 0 radical (unpaired) electrons. The molecule has 0 saturated carbocycles. The second kappa shape index (κ2) is 16.8. The molecule has 56 heavy (non-hydrogen) atoms. The van der Waals surface area contributed by atoms with Crippen LogP contribution in [0.1, 0.15) is 78.5 Å². The molecule has 10 nitrogen and oxygen atoms in total. The Morgan fingerprint density at radius 1 is 0.893 bits per heavy atom. The van der Waals surface area contributed by atoms with Gasteiger partial charge in [-0.25, -0.2) is 4.98 Å². The predicted octanol–water partition coefficient (Wildman–Crippen LogP) is 6.97. The van der Waals surface area contributed by atoms with Crippen LogP contribution in [0, 0.1) is 5.92 Å². The van der Waals surface area contributed by atoms with Gasteiger partial charge in [0.2, 0.25) is 5.91 Å². The van der Waals surface area contributed by atoms with Crippen LogP contribution in [0.4, 0.5) is 5.69 Å². The molecule has 3 aliphatic rings. The Balaban J connectivity index is 0.879. The van der Waals surface area contributed by atoms with Crippen molar-refractivity contribution in [3.63, 3.8) is 0 Å². The Labute approximate surface area is 332 Å². The van der Waals surface area contributed by atoms with E-state index in [1.807, 2.05) is 59.5 Å². The maximum atomic E-state index is 14.1. The van der Waals surface area contributed by atoms with Crippen molar-refractivity contribution in [2.75, 3.05) is 44.3 Å². The smallest absolute Gasteiger partial charge is 0.261 e. The third-order valence-corrected chi connectivity index (χ3v) is 12.5. The summed E-state index contributed by atoms with van der Waals surface area (Å²) in [7, 11) is 0. The second-order valence-corrected chi connectivity index (χ2v) is 16.3. The first-order valence-electron chi connectivity index (χ1n) is 20.3. The maximum absolute atomic E-state index is 14.1. The number of ketones is 1. The van der Waals surface area contributed by atoms with Crippen LogP contribution in [0.5, 0.6) is 0 Å². The van der Waals surface area contributed by atoms with Gasteiger partial charge in [-0.05, 0) is 93.2 Å². The second-order valence-electron chi connectivity index (χ2n) is 15.9. The molecule has 4 heterocycles. The summed E-state index contributed by atoms with van der Waals surface area (Å²) in [5, 5.41) is 13.9. The molecule has 1 N–H and O–H groups in total. The van der Waals surface area contributed by atoms with Crippen molar-refractivity contribution in [3.05, 3.63) is 111 Å². The first-order valence-corrected chi connectivity index (χ1v) is 20.6. The number of amides is 1. The Morgan fingerprint density at radius 2 is 1.66 bits per heavy atom. The molecule has 1 amide bonds. The summed E-state index contributed by atoms with van der Waals surface area (Å²) in [5.41, 5.74) is 5.06. The minimum Gasteiger partial charge on any atom is -0.388 e. The van der Waals surface area contributed by atoms with E-state index in [0.29, 0.717) is 81.3 Å². The predicted molar refractivity (Wildman–Crippen MR) is 220 cm³/mol. The van der Waals surface area contributed by atoms with Gasteiger partial charge in [-0.2, -0.15) is 0 Å². The van der Waals surface area contributed by atoms with Gasteiger partial charge in [0.25, 0.3) is 5.56 Å². The van der Waals surface area contributed by atoms with Gasteiger partial charge in [0.05, 0.1) is 53.1 Å². The summed E-state index contributed by atoms with van der Waals surface area (Å²) in [6.45, 7) is 3.87. The van der Waals surface area contributed by atoms with E-state index in [2.05, 4.69) is 22.0 Å². The average Bonchev–Trinajstić information content (AvgIpc) is 3.23. The number of rotatable bonds is 12. The van der Waals surface area contributed by atoms with Gasteiger partial charge < -0.3 is 19.6 Å². The number of aryl methyl sites for hydroxylation is 1. The molecule has 3 aromatic carbocycles. The largest absolute Gasteiger partial charge is 0.388 e. The highest BCUT2D eigenvalue weighted by Crippen LogP contribution is 2.34. The number of aliphatic hydroxyl groups is 1. The fourth-order valence-electron chi connectivity index (χ4n) is 8.73. The van der Waals surface area contributed by atoms with Crippen molar-refractivity contribution in [2.24, 2.45) is 5.92 Å². The molecule has 11 heteroatoms. The van der Waals surface area contributed by atoms with Gasteiger partial charge in [0, 0.05) is 60.8 Å². The number of benzene rings is 3. The molecular formula is C45H50ClN5O5. The van der Waals surface area contributed by atoms with E-state index in [9.17, 15) is 19.5 Å². The first kappa shape index (κ1) is 38.2. The molecule has 1 aliphatic carbocycles. The summed E-state index contributed by atoms with van der Waals surface area (Å²) in [5.74, 6) is -0.0996. The third kappa shape index (κ3) is 8.38. The molecule has 0 bridgehead atoms. The number of morpholine rings is 1. The molecule has 292 valence electrons. The Hall–Kier alpha value is -4.64. The quantitative estimate of drug-likeness (QED) is 0.107. The number of Topliss-reactive ketones (excluding diaryl/α,β-unsaturated/α-hetero) is 1. The zero-order chi connectivity index (χ0) is 38.6. The number of halogens is 1. The molecule has 5 aromatic rings. The van der Waals surface area contributed by atoms with E-state index < -0.39 is 5.60 Å². The maximum Gasteiger partial charge on any atom is 0.261 e. The summed E-state index contributed by atoms with van der Waals surface area (Å²) in [6, 6.07) is 21.4. The molecule has 2 fully saturated rings. The summed E-state index contributed by atoms with van der Waals surface area (Å²) >= 11 is 6.77. The zero-order valence-corrected chi connectivity index (χ0v) is 32.7. The van der Waals surface area contributed by atoms with Gasteiger partial charge in [-0.1, -0.05) is 60.5 Å². The van der Waals surface area contributed by atoms with Crippen molar-refractivity contribution >= 4 is 50.8 Å². The number of pyridine rings is 1. The molecule has 0 spiro atoms. The normalized spacial score (nSPS) is 17.5. The standard InChI is InChI=1S/C45H50ClN5O5/c46-42-35-11-5-6-12-38(35)48-40-27-32(14-16-36(40)42)41(52)13-7-4-10-33(26-31-8-2-1-3-9-31)43(53)50-20-18-45(55,19-21-50)29-51-30-47-39-28-34(15-17-37(39)44(51)54)49-22-24-56-25-23-49/h1-3,8-9,14-17,27-28,30,33,55H,4-7,10-13,18-26,29H2/t33-/m0/s1. The fraction of sp³-hybridized carbons (Fsp3) is 0.444. The Bertz CT molecular complexity index is 2280. The van der Waals surface area contributed by atoms with Gasteiger partial charge >= 0.3 is 0 Å². The van der Waals surface area contributed by atoms with E-state index in [4.69, 9.17) is 21.3 Å². The number of carbonyl (C=O) groups is 2. The van der Waals surface area contributed by atoms with Gasteiger partial charge in [0.1, 0.15) is 0 Å². The number of aromatic nitrogens is 3. The first-order chi connectivity index (χ1) is 27.2. The Kier molecular flexibility index (Phi) is 11.5. The number of unbranched alkanes of at least 4 members (excludes halogenated alkanes) is 1. The summed E-state index contributed by atoms with van der Waals surface area (Å²) < 4.78 is 6.98. The number of fused-ring (bicyclic) bond motifs is 3. The van der Waals surface area contributed by atoms with Crippen molar-refractivity contribution in [1.82, 2.24) is 19.4 Å². The van der Waals surface area contributed by atoms with Gasteiger partial charge in [-0.15, -0.1) is 0 Å². The van der Waals surface area contributed by atoms with Crippen LogP contribution < -0.4 is 10.5 Å². The van der Waals surface area contributed by atoms with Crippen LogP contribution in [0.25, 0.3) is 21.8 Å². The van der Waals surface area contributed by atoms with Crippen LogP contribution in [0.15, 0.2) is 77.9 Å². The average molecular weight is 776 g/mol. The van der Waals surface area contributed by atoms with Crippen LogP contribution in [0.3, 0.4) is 0 Å². The topological polar surface area (TPSA) is 118 Å². The van der Waals surface area contributed by atoms with Gasteiger partial charge in [-0.3, -0.25) is 23.9 Å². The Morgan fingerprint density at radius 3 is 2.46 bits per heavy atom. The van der Waals surface area contributed by atoms with Crippen molar-refractivity contribution in [1.29, 1.82) is 0 Å². The minimum atomic E-state index is -1.14. The summed E-state index contributed by atoms with van der Waals surface area (Å²) in [4.78, 5) is 54.5. The number of ether oxygens (including phenoxy) is 1. The number of hydrogen-bond acceptors (Lipinski definition) is 8. The van der Waals surface area contributed by atoms with Crippen molar-refractivity contribution < 1.29 is 19.4 Å². The SMILES string of the molecule is O=C(CCCC[C@@H](Cc1ccccc1)C(=O)N1CCC(O)(Cn2cnc3cc(N4CCOCC4)ccc3c2=O)CC1)c1ccc2c(Cl)c3c(nc2c1)CCCC3. The monoisotopic (exact) mass is 775 g/mol. The lowest BCUT2D eigenvalue weighted by atomic mass is 9.88. The number of hydrogen-bond donors (Lipinski definition) is 1. The number of nitrogens with zero attached hydrogens (tertiary/aromatic N) is 5. The highest BCUT2D eigenvalue weighted by Gasteiger charge is 2.36. The third-order valence-electron chi connectivity index (χ3n) is 12.1. The van der Waals surface area contributed by atoms with Crippen LogP contribution in [-0.4, -0.2) is 81.2 Å². The van der Waals surface area contributed by atoms with Crippen LogP contribution in [0.2, 0.25) is 5.02 Å². The van der Waals surface area contributed by atoms with Crippen molar-refractivity contribution in [2.45, 2.75) is 82.8 Å². The molecule has 1 atom stereocenters. The molecule has 0 unspecified atom stereocenters. The van der Waals surface area contributed by atoms with E-state index in [0.717, 1.165) is 83.6 Å².